The molecule has 19 heavy (non-hydrogen) atoms. The fourth-order valence-electron chi connectivity index (χ4n) is 2.18. The van der Waals surface area contributed by atoms with Crippen LogP contribution in [-0.2, 0) is 6.42 Å². The third-order valence-electron chi connectivity index (χ3n) is 3.19. The molecular formula is C15H20N2OS. The minimum absolute atomic E-state index is 0.219. The molecule has 0 saturated carbocycles. The number of nitrogens with one attached hydrogen (secondary N) is 1. The number of thiazole rings is 1. The van der Waals surface area contributed by atoms with Crippen LogP contribution in [0.15, 0.2) is 23.6 Å². The third kappa shape index (κ3) is 3.33. The number of ether oxygens (including phenoxy) is 1. The molecule has 1 heterocycles. The van der Waals surface area contributed by atoms with Crippen molar-refractivity contribution in [1.29, 1.82) is 0 Å². The van der Waals surface area contributed by atoms with E-state index < -0.39 is 0 Å². The lowest BCUT2D eigenvalue weighted by atomic mass is 10.00. The van der Waals surface area contributed by atoms with Crippen LogP contribution < -0.4 is 10.1 Å². The first kappa shape index (κ1) is 14.0. The fraction of sp³-hybridized carbons (Fsp3) is 0.400. The minimum Gasteiger partial charge on any atom is -0.496 e. The van der Waals surface area contributed by atoms with Crippen LogP contribution in [0.4, 0.5) is 0 Å². The van der Waals surface area contributed by atoms with Crippen LogP contribution >= 0.6 is 11.3 Å². The molecule has 0 aliphatic heterocycles. The second kappa shape index (κ2) is 6.17. The molecule has 0 fully saturated rings. The number of likely N-dealkylation sites (N-methyl/N-ethyl adjacent to an activating group) is 1. The Labute approximate surface area is 118 Å². The van der Waals surface area contributed by atoms with Crippen LogP contribution in [0.5, 0.6) is 5.75 Å². The van der Waals surface area contributed by atoms with E-state index in [2.05, 4.69) is 40.8 Å². The van der Waals surface area contributed by atoms with E-state index in [4.69, 9.17) is 4.74 Å². The molecule has 1 aromatic heterocycles. The highest BCUT2D eigenvalue weighted by atomic mass is 32.1. The lowest BCUT2D eigenvalue weighted by Gasteiger charge is -2.19. The summed E-state index contributed by atoms with van der Waals surface area (Å²) in [6.07, 6.45) is 0.875. The molecule has 1 aromatic carbocycles. The first-order chi connectivity index (χ1) is 9.13. The van der Waals surface area contributed by atoms with Crippen LogP contribution in [0.2, 0.25) is 0 Å². The molecule has 0 spiro atoms. The fourth-order valence-corrected chi connectivity index (χ4v) is 2.81. The summed E-state index contributed by atoms with van der Waals surface area (Å²) in [4.78, 5) is 4.53. The van der Waals surface area contributed by atoms with Crippen molar-refractivity contribution >= 4 is 11.3 Å². The second-order valence-electron chi connectivity index (χ2n) is 4.65. The molecule has 1 unspecified atom stereocenters. The lowest BCUT2D eigenvalue weighted by molar-refractivity contribution is 0.400. The largest absolute Gasteiger partial charge is 0.496 e. The zero-order valence-electron chi connectivity index (χ0n) is 11.9. The first-order valence-electron chi connectivity index (χ1n) is 6.37. The number of aryl methyl sites for hydroxylation is 2. The molecule has 1 N–H and O–H groups in total. The molecule has 0 bridgehead atoms. The Kier molecular flexibility index (Phi) is 4.56. The SMILES string of the molecule is CNC(Cc1csc(C)n1)c1ccc(C)cc1OC. The normalized spacial score (nSPS) is 12.4. The lowest BCUT2D eigenvalue weighted by Crippen LogP contribution is -2.19. The standard InChI is InChI=1S/C15H20N2OS/c1-10-5-6-13(15(7-10)18-4)14(16-3)8-12-9-19-11(2)17-12/h5-7,9,14,16H,8H2,1-4H3. The van der Waals surface area contributed by atoms with E-state index in [9.17, 15) is 0 Å². The predicted octanol–water partition coefficient (Wildman–Crippen LogP) is 3.27. The quantitative estimate of drug-likeness (QED) is 0.910. The Morgan fingerprint density at radius 1 is 1.37 bits per heavy atom. The molecule has 0 aliphatic carbocycles. The molecule has 2 aromatic rings. The van der Waals surface area contributed by atoms with Gasteiger partial charge in [-0.1, -0.05) is 12.1 Å². The van der Waals surface area contributed by atoms with Crippen molar-refractivity contribution in [2.45, 2.75) is 26.3 Å². The molecule has 0 radical (unpaired) electrons. The van der Waals surface area contributed by atoms with Gasteiger partial charge >= 0.3 is 0 Å². The van der Waals surface area contributed by atoms with Gasteiger partial charge in [0, 0.05) is 23.4 Å². The summed E-state index contributed by atoms with van der Waals surface area (Å²) in [5.41, 5.74) is 3.52. The summed E-state index contributed by atoms with van der Waals surface area (Å²) < 4.78 is 5.49. The van der Waals surface area contributed by atoms with E-state index in [1.165, 1.54) is 11.1 Å². The summed E-state index contributed by atoms with van der Waals surface area (Å²) >= 11 is 1.69. The summed E-state index contributed by atoms with van der Waals surface area (Å²) in [6, 6.07) is 6.55. The van der Waals surface area contributed by atoms with Crippen LogP contribution in [0, 0.1) is 13.8 Å². The number of aromatic nitrogens is 1. The second-order valence-corrected chi connectivity index (χ2v) is 5.71. The average molecular weight is 276 g/mol. The maximum atomic E-state index is 5.49. The maximum absolute atomic E-state index is 5.49. The number of methoxy groups -OCH3 is 1. The minimum atomic E-state index is 0.219. The van der Waals surface area contributed by atoms with Gasteiger partial charge in [-0.15, -0.1) is 11.3 Å². The number of nitrogens with zero attached hydrogens (tertiary/aromatic N) is 1. The molecule has 3 nitrogen and oxygen atoms in total. The summed E-state index contributed by atoms with van der Waals surface area (Å²) in [5, 5.41) is 6.59. The van der Waals surface area contributed by atoms with E-state index in [0.29, 0.717) is 0 Å². The van der Waals surface area contributed by atoms with Crippen molar-refractivity contribution in [3.05, 3.63) is 45.4 Å². The van der Waals surface area contributed by atoms with E-state index in [1.54, 1.807) is 18.4 Å². The smallest absolute Gasteiger partial charge is 0.123 e. The van der Waals surface area contributed by atoms with Crippen LogP contribution in [0.25, 0.3) is 0 Å². The molecule has 1 atom stereocenters. The van der Waals surface area contributed by atoms with Crippen molar-refractivity contribution in [3.8, 4) is 5.75 Å². The number of hydrogen-bond donors (Lipinski definition) is 1. The topological polar surface area (TPSA) is 34.2 Å². The Hall–Kier alpha value is -1.39. The van der Waals surface area contributed by atoms with Gasteiger partial charge in [0.05, 0.1) is 17.8 Å². The Morgan fingerprint density at radius 2 is 2.16 bits per heavy atom. The van der Waals surface area contributed by atoms with Crippen molar-refractivity contribution in [2.24, 2.45) is 0 Å². The monoisotopic (exact) mass is 276 g/mol. The van der Waals surface area contributed by atoms with Crippen molar-refractivity contribution in [2.75, 3.05) is 14.2 Å². The zero-order valence-corrected chi connectivity index (χ0v) is 12.7. The molecule has 102 valence electrons. The van der Waals surface area contributed by atoms with E-state index in [0.717, 1.165) is 22.9 Å². The van der Waals surface area contributed by atoms with Gasteiger partial charge in [-0.05, 0) is 32.5 Å². The summed E-state index contributed by atoms with van der Waals surface area (Å²) in [6.45, 7) is 4.11. The van der Waals surface area contributed by atoms with Gasteiger partial charge < -0.3 is 10.1 Å². The number of hydrogen-bond acceptors (Lipinski definition) is 4. The summed E-state index contributed by atoms with van der Waals surface area (Å²) in [5.74, 6) is 0.936. The number of benzene rings is 1. The highest BCUT2D eigenvalue weighted by Gasteiger charge is 2.16. The molecule has 0 aliphatic rings. The first-order valence-corrected chi connectivity index (χ1v) is 7.24. The highest BCUT2D eigenvalue weighted by Crippen LogP contribution is 2.28. The van der Waals surface area contributed by atoms with Gasteiger partial charge in [-0.2, -0.15) is 0 Å². The molecular weight excluding hydrogens is 256 g/mol. The van der Waals surface area contributed by atoms with Crippen LogP contribution in [0.1, 0.15) is 27.9 Å². The van der Waals surface area contributed by atoms with Crippen molar-refractivity contribution in [1.82, 2.24) is 10.3 Å². The highest BCUT2D eigenvalue weighted by molar-refractivity contribution is 7.09. The van der Waals surface area contributed by atoms with Gasteiger partial charge in [0.2, 0.25) is 0 Å². The Morgan fingerprint density at radius 3 is 2.74 bits per heavy atom. The average Bonchev–Trinajstić information content (AvgIpc) is 2.81. The van der Waals surface area contributed by atoms with E-state index in [1.807, 2.05) is 14.0 Å². The molecule has 2 rings (SSSR count). The molecule has 0 amide bonds. The number of rotatable bonds is 5. The van der Waals surface area contributed by atoms with Crippen molar-refractivity contribution in [3.63, 3.8) is 0 Å². The van der Waals surface area contributed by atoms with Gasteiger partial charge in [0.15, 0.2) is 0 Å². The molecule has 4 heteroatoms. The van der Waals surface area contributed by atoms with Gasteiger partial charge in [0.25, 0.3) is 0 Å². The molecule has 0 saturated heterocycles. The zero-order chi connectivity index (χ0) is 13.8. The third-order valence-corrected chi connectivity index (χ3v) is 4.02. The Bertz CT molecular complexity index is 551. The van der Waals surface area contributed by atoms with Gasteiger partial charge in [0.1, 0.15) is 5.75 Å². The van der Waals surface area contributed by atoms with Gasteiger partial charge in [-0.3, -0.25) is 0 Å². The summed E-state index contributed by atoms with van der Waals surface area (Å²) in [7, 11) is 3.70. The maximum Gasteiger partial charge on any atom is 0.123 e. The Balaban J connectivity index is 2.26. The van der Waals surface area contributed by atoms with Crippen molar-refractivity contribution < 1.29 is 4.74 Å². The van der Waals surface area contributed by atoms with Crippen LogP contribution in [-0.4, -0.2) is 19.1 Å². The van der Waals surface area contributed by atoms with E-state index in [-0.39, 0.29) is 6.04 Å². The van der Waals surface area contributed by atoms with Gasteiger partial charge in [-0.25, -0.2) is 4.98 Å². The van der Waals surface area contributed by atoms with E-state index >= 15 is 0 Å². The van der Waals surface area contributed by atoms with Crippen LogP contribution in [0.3, 0.4) is 0 Å². The predicted molar refractivity (Wildman–Crippen MR) is 80.1 cm³/mol.